The molecule has 0 fully saturated rings. The Balaban J connectivity index is 1.23. The van der Waals surface area contributed by atoms with E-state index < -0.39 is 30.1 Å². The first-order valence-corrected chi connectivity index (χ1v) is 21.5. The smallest absolute Gasteiger partial charge is 0.206 e. The lowest BCUT2D eigenvalue weighted by Crippen LogP contribution is -2.29. The second kappa shape index (κ2) is 15.8. The van der Waals surface area contributed by atoms with Crippen molar-refractivity contribution in [1.82, 2.24) is 0 Å². The van der Waals surface area contributed by atoms with Gasteiger partial charge in [0.15, 0.2) is 0 Å². The van der Waals surface area contributed by atoms with E-state index in [1.54, 1.807) is 84.9 Å². The molecular weight excluding hydrogens is 760 g/mol. The van der Waals surface area contributed by atoms with Crippen LogP contribution in [0.2, 0.25) is 5.02 Å². The number of fused-ring (bicyclic) bond motifs is 1. The van der Waals surface area contributed by atoms with Crippen molar-refractivity contribution in [3.05, 3.63) is 150 Å². The van der Waals surface area contributed by atoms with Crippen molar-refractivity contribution in [2.75, 3.05) is 0 Å². The second-order valence-electron chi connectivity index (χ2n) is 13.7. The van der Waals surface area contributed by atoms with Gasteiger partial charge in [0, 0.05) is 15.8 Å². The molecule has 0 bridgehead atoms. The van der Waals surface area contributed by atoms with Crippen molar-refractivity contribution < 1.29 is 26.3 Å². The van der Waals surface area contributed by atoms with Crippen molar-refractivity contribution in [3.63, 3.8) is 0 Å². The molecule has 6 aromatic carbocycles. The number of hydrogen-bond donors (Lipinski definition) is 0. The number of benzene rings is 6. The Kier molecular flexibility index (Phi) is 11.5. The van der Waals surface area contributed by atoms with Crippen LogP contribution >= 0.6 is 23.2 Å². The summed E-state index contributed by atoms with van der Waals surface area (Å²) in [4.78, 5) is 0.147. The van der Waals surface area contributed by atoms with Gasteiger partial charge in [-0.05, 0) is 123 Å². The molecule has 0 N–H and O–H groups in total. The van der Waals surface area contributed by atoms with Gasteiger partial charge in [-0.15, -0.1) is 11.6 Å². The Morgan fingerprint density at radius 1 is 0.537 bits per heavy atom. The number of hydrogen-bond acceptors (Lipinski definition) is 6. The third kappa shape index (κ3) is 8.18. The molecular formula is C44H42Cl2O6S2. The molecule has 54 heavy (non-hydrogen) atoms. The van der Waals surface area contributed by atoms with E-state index in [2.05, 4.69) is 13.8 Å². The first kappa shape index (κ1) is 39.4. The largest absolute Gasteiger partial charge is 0.482 e. The van der Waals surface area contributed by atoms with Gasteiger partial charge < -0.3 is 9.47 Å². The minimum absolute atomic E-state index is 0.157. The lowest BCUT2D eigenvalue weighted by molar-refractivity contribution is 0.0779. The van der Waals surface area contributed by atoms with E-state index in [0.29, 0.717) is 28.7 Å². The van der Waals surface area contributed by atoms with E-state index in [9.17, 15) is 16.8 Å². The number of ether oxygens (including phenoxy) is 2. The molecule has 6 aromatic rings. The predicted octanol–water partition coefficient (Wildman–Crippen LogP) is 12.3. The van der Waals surface area contributed by atoms with Crippen LogP contribution in [0.5, 0.6) is 17.2 Å². The van der Waals surface area contributed by atoms with Crippen LogP contribution in [0, 0.1) is 0 Å². The summed E-state index contributed by atoms with van der Waals surface area (Å²) in [5.41, 5.74) is 0.942. The van der Waals surface area contributed by atoms with Crippen LogP contribution < -0.4 is 9.47 Å². The fourth-order valence-electron chi connectivity index (χ4n) is 6.69. The summed E-state index contributed by atoms with van der Waals surface area (Å²) >= 11 is 12.7. The van der Waals surface area contributed by atoms with E-state index in [-0.39, 0.29) is 19.6 Å². The van der Waals surface area contributed by atoms with Crippen LogP contribution in [0.3, 0.4) is 0 Å². The van der Waals surface area contributed by atoms with Crippen molar-refractivity contribution in [2.24, 2.45) is 0 Å². The average Bonchev–Trinajstić information content (AvgIpc) is 3.16. The number of sulfone groups is 2. The number of rotatable bonds is 14. The lowest BCUT2D eigenvalue weighted by atomic mass is 9.91. The fraction of sp³-hybridized carbons (Fsp3) is 0.227. The maximum absolute atomic E-state index is 13.5. The van der Waals surface area contributed by atoms with Gasteiger partial charge in [-0.3, -0.25) is 0 Å². The summed E-state index contributed by atoms with van der Waals surface area (Å²) < 4.78 is 66.7. The van der Waals surface area contributed by atoms with Gasteiger partial charge in [-0.2, -0.15) is 0 Å². The molecule has 10 heteroatoms. The molecule has 0 aliphatic heterocycles. The van der Waals surface area contributed by atoms with Crippen molar-refractivity contribution in [3.8, 4) is 17.2 Å². The number of halogens is 2. The van der Waals surface area contributed by atoms with E-state index in [1.165, 1.54) is 12.1 Å². The van der Waals surface area contributed by atoms with Crippen LogP contribution in [0.4, 0.5) is 0 Å². The van der Waals surface area contributed by atoms with Gasteiger partial charge in [-0.25, -0.2) is 16.8 Å². The minimum Gasteiger partial charge on any atom is -0.482 e. The molecule has 0 saturated heterocycles. The van der Waals surface area contributed by atoms with Crippen molar-refractivity contribution in [2.45, 2.75) is 83.4 Å². The van der Waals surface area contributed by atoms with Crippen LogP contribution in [0.1, 0.15) is 64.5 Å². The van der Waals surface area contributed by atoms with Gasteiger partial charge in [0.05, 0.1) is 24.5 Å². The van der Waals surface area contributed by atoms with Gasteiger partial charge in [0.25, 0.3) is 0 Å². The first-order valence-electron chi connectivity index (χ1n) is 17.8. The molecule has 0 spiro atoms. The van der Waals surface area contributed by atoms with Crippen LogP contribution in [-0.4, -0.2) is 16.8 Å². The Hall–Kier alpha value is -4.34. The lowest BCUT2D eigenvalue weighted by Gasteiger charge is -2.32. The second-order valence-corrected chi connectivity index (χ2v) is 18.9. The molecule has 0 radical (unpaired) electrons. The summed E-state index contributed by atoms with van der Waals surface area (Å²) in [6, 6.07) is 37.6. The average molecular weight is 802 g/mol. The monoisotopic (exact) mass is 800 g/mol. The molecule has 0 amide bonds. The zero-order valence-corrected chi connectivity index (χ0v) is 33.7. The number of alkyl halides is 1. The third-order valence-corrected chi connectivity index (χ3v) is 13.9. The van der Waals surface area contributed by atoms with Crippen LogP contribution in [0.25, 0.3) is 10.8 Å². The third-order valence-electron chi connectivity index (χ3n) is 9.65. The van der Waals surface area contributed by atoms with Gasteiger partial charge in [-0.1, -0.05) is 86.8 Å². The molecule has 280 valence electrons. The molecule has 0 aromatic heterocycles. The summed E-state index contributed by atoms with van der Waals surface area (Å²) in [7, 11) is -7.49. The van der Waals surface area contributed by atoms with Crippen molar-refractivity contribution in [1.29, 1.82) is 0 Å². The standard InChI is InChI=1S/C44H42Cl2O6S2/c1-5-29-43(3,46)31-13-21-35(22-14-31)54(49,50)38-27-19-34(20-28-38)51-41-11-7-10-40-39(41)9-8-12-42(40)52-44(4,30-6-2)32-15-23-36(24-16-32)53(47,48)37-25-17-33(45)18-26-37/h7-28H,5-6,29-30H2,1-4H3. The predicted molar refractivity (Wildman–Crippen MR) is 217 cm³/mol. The van der Waals surface area contributed by atoms with Gasteiger partial charge in [0.2, 0.25) is 19.7 Å². The van der Waals surface area contributed by atoms with E-state index in [0.717, 1.165) is 41.2 Å². The topological polar surface area (TPSA) is 86.7 Å². The molecule has 6 nitrogen and oxygen atoms in total. The SMILES string of the molecule is CCCC(C)(Cl)c1ccc(S(=O)(=O)c2ccc(Oc3cccc4c(OC(C)(CCC)c5ccc(S(=O)(=O)c6ccc(Cl)cc6)cc5)cccc34)cc2)cc1. The maximum Gasteiger partial charge on any atom is 0.206 e. The Morgan fingerprint density at radius 2 is 0.963 bits per heavy atom. The highest BCUT2D eigenvalue weighted by Gasteiger charge is 2.30. The molecule has 6 rings (SSSR count). The Bertz CT molecular complexity index is 2460. The van der Waals surface area contributed by atoms with Crippen molar-refractivity contribution >= 4 is 53.6 Å². The fourth-order valence-corrected chi connectivity index (χ4v) is 9.65. The Morgan fingerprint density at radius 3 is 1.46 bits per heavy atom. The summed E-state index contributed by atoms with van der Waals surface area (Å²) in [5, 5.41) is 2.10. The Labute approximate surface area is 328 Å². The summed E-state index contributed by atoms with van der Waals surface area (Å²) in [6.07, 6.45) is 3.19. The molecule has 0 heterocycles. The summed E-state index contributed by atoms with van der Waals surface area (Å²) in [5.74, 6) is 1.70. The maximum atomic E-state index is 13.5. The van der Waals surface area contributed by atoms with Gasteiger partial charge >= 0.3 is 0 Å². The zero-order valence-electron chi connectivity index (χ0n) is 30.6. The quantitative estimate of drug-likeness (QED) is 0.102. The minimum atomic E-state index is -3.76. The molecule has 2 unspecified atom stereocenters. The zero-order chi connectivity index (χ0) is 38.7. The molecule has 0 aliphatic rings. The summed E-state index contributed by atoms with van der Waals surface area (Å²) in [6.45, 7) is 8.08. The molecule has 0 saturated carbocycles. The highest BCUT2D eigenvalue weighted by atomic mass is 35.5. The molecule has 0 aliphatic carbocycles. The van der Waals surface area contributed by atoms with E-state index >= 15 is 0 Å². The van der Waals surface area contributed by atoms with Gasteiger partial charge in [0.1, 0.15) is 22.8 Å². The van der Waals surface area contributed by atoms with E-state index in [4.69, 9.17) is 32.7 Å². The van der Waals surface area contributed by atoms with Crippen LogP contribution in [-0.2, 0) is 30.1 Å². The highest BCUT2D eigenvalue weighted by molar-refractivity contribution is 7.91. The molecule has 2 atom stereocenters. The van der Waals surface area contributed by atoms with E-state index in [1.807, 2.05) is 50.2 Å². The van der Waals surface area contributed by atoms with Crippen LogP contribution in [0.15, 0.2) is 153 Å². The normalized spacial score (nSPS) is 14.3. The first-order chi connectivity index (χ1) is 25.7. The highest BCUT2D eigenvalue weighted by Crippen LogP contribution is 2.40.